The first kappa shape index (κ1) is 16.7. The molecule has 0 saturated heterocycles. The molecule has 1 aromatic carbocycles. The van der Waals surface area contributed by atoms with E-state index in [9.17, 15) is 4.79 Å². The summed E-state index contributed by atoms with van der Waals surface area (Å²) in [5, 5.41) is 3.58. The zero-order chi connectivity index (χ0) is 17.1. The van der Waals surface area contributed by atoms with Gasteiger partial charge in [-0.3, -0.25) is 15.0 Å². The SMILES string of the molecule is O=C(COCC1CC1)Nc1nc2c(s1)CN(Cc1ccccc1)CC2. The van der Waals surface area contributed by atoms with Gasteiger partial charge in [-0.1, -0.05) is 30.3 Å². The van der Waals surface area contributed by atoms with Gasteiger partial charge in [0.1, 0.15) is 6.61 Å². The Labute approximate surface area is 152 Å². The molecule has 1 saturated carbocycles. The summed E-state index contributed by atoms with van der Waals surface area (Å²) in [4.78, 5) is 20.2. The maximum Gasteiger partial charge on any atom is 0.252 e. The highest BCUT2D eigenvalue weighted by Gasteiger charge is 2.23. The molecule has 1 amide bonds. The fourth-order valence-corrected chi connectivity index (χ4v) is 4.10. The van der Waals surface area contributed by atoms with Crippen LogP contribution in [0.5, 0.6) is 0 Å². The van der Waals surface area contributed by atoms with Crippen molar-refractivity contribution in [3.05, 3.63) is 46.5 Å². The van der Waals surface area contributed by atoms with Crippen LogP contribution in [0.3, 0.4) is 0 Å². The monoisotopic (exact) mass is 357 g/mol. The van der Waals surface area contributed by atoms with Gasteiger partial charge in [0.15, 0.2) is 5.13 Å². The molecule has 0 atom stereocenters. The third-order valence-electron chi connectivity index (χ3n) is 4.59. The summed E-state index contributed by atoms with van der Waals surface area (Å²) in [6, 6.07) is 10.5. The molecule has 2 heterocycles. The fourth-order valence-electron chi connectivity index (χ4n) is 3.04. The number of carbonyl (C=O) groups excluding carboxylic acids is 1. The van der Waals surface area contributed by atoms with E-state index in [1.165, 1.54) is 23.3 Å². The molecule has 4 rings (SSSR count). The number of hydrogen-bond acceptors (Lipinski definition) is 5. The highest BCUT2D eigenvalue weighted by Crippen LogP contribution is 2.30. The molecule has 1 aromatic heterocycles. The van der Waals surface area contributed by atoms with Gasteiger partial charge in [-0.2, -0.15) is 0 Å². The minimum atomic E-state index is -0.104. The molecular weight excluding hydrogens is 334 g/mol. The molecule has 1 aliphatic carbocycles. The lowest BCUT2D eigenvalue weighted by Gasteiger charge is -2.25. The number of anilines is 1. The number of carbonyl (C=O) groups is 1. The Morgan fingerprint density at radius 1 is 1.32 bits per heavy atom. The van der Waals surface area contributed by atoms with Crippen molar-refractivity contribution in [1.82, 2.24) is 9.88 Å². The summed E-state index contributed by atoms with van der Waals surface area (Å²) in [5.41, 5.74) is 2.46. The average Bonchev–Trinajstić information content (AvgIpc) is 3.34. The maximum absolute atomic E-state index is 12.0. The number of nitrogens with zero attached hydrogens (tertiary/aromatic N) is 2. The van der Waals surface area contributed by atoms with E-state index in [2.05, 4.69) is 39.5 Å². The number of hydrogen-bond donors (Lipinski definition) is 1. The van der Waals surface area contributed by atoms with Gasteiger partial charge in [-0.05, 0) is 24.3 Å². The third kappa shape index (κ3) is 4.66. The van der Waals surface area contributed by atoms with E-state index in [0.29, 0.717) is 17.7 Å². The second-order valence-electron chi connectivity index (χ2n) is 6.84. The van der Waals surface area contributed by atoms with E-state index in [0.717, 1.165) is 31.7 Å². The van der Waals surface area contributed by atoms with Crippen molar-refractivity contribution in [2.24, 2.45) is 5.92 Å². The van der Waals surface area contributed by atoms with E-state index >= 15 is 0 Å². The molecule has 6 heteroatoms. The van der Waals surface area contributed by atoms with Crippen molar-refractivity contribution < 1.29 is 9.53 Å². The molecule has 2 aromatic rings. The van der Waals surface area contributed by atoms with Gasteiger partial charge >= 0.3 is 0 Å². The Hall–Kier alpha value is -1.76. The van der Waals surface area contributed by atoms with Gasteiger partial charge < -0.3 is 4.74 Å². The number of benzene rings is 1. The maximum atomic E-state index is 12.0. The predicted octanol–water partition coefficient (Wildman–Crippen LogP) is 3.07. The zero-order valence-corrected chi connectivity index (χ0v) is 15.1. The normalized spacial score (nSPS) is 17.3. The van der Waals surface area contributed by atoms with Crippen LogP contribution in [-0.2, 0) is 29.0 Å². The second-order valence-corrected chi connectivity index (χ2v) is 7.93. The Morgan fingerprint density at radius 2 is 2.16 bits per heavy atom. The van der Waals surface area contributed by atoms with Gasteiger partial charge in [-0.15, -0.1) is 11.3 Å². The summed E-state index contributed by atoms with van der Waals surface area (Å²) >= 11 is 1.59. The quantitative estimate of drug-likeness (QED) is 0.827. The first-order chi connectivity index (χ1) is 12.3. The molecule has 0 bridgehead atoms. The Morgan fingerprint density at radius 3 is 2.96 bits per heavy atom. The Balaban J connectivity index is 1.30. The van der Waals surface area contributed by atoms with Crippen LogP contribution in [0.25, 0.3) is 0 Å². The van der Waals surface area contributed by atoms with Crippen LogP contribution < -0.4 is 5.32 Å². The lowest BCUT2D eigenvalue weighted by Crippen LogP contribution is -2.29. The largest absolute Gasteiger partial charge is 0.371 e. The van der Waals surface area contributed by atoms with Crippen LogP contribution in [0, 0.1) is 5.92 Å². The topological polar surface area (TPSA) is 54.5 Å². The molecule has 2 aliphatic rings. The van der Waals surface area contributed by atoms with Crippen LogP contribution in [-0.4, -0.2) is 35.5 Å². The molecule has 1 fully saturated rings. The van der Waals surface area contributed by atoms with Gasteiger partial charge in [0.2, 0.25) is 0 Å². The summed E-state index contributed by atoms with van der Waals surface area (Å²) in [7, 11) is 0. The van der Waals surface area contributed by atoms with E-state index < -0.39 is 0 Å². The molecule has 25 heavy (non-hydrogen) atoms. The standard InChI is InChI=1S/C19H23N3O2S/c23-18(13-24-12-15-6-7-15)21-19-20-16-8-9-22(11-17(16)25-19)10-14-4-2-1-3-5-14/h1-5,15H,6-13H2,(H,20,21,23). The Kier molecular flexibility index (Phi) is 5.10. The predicted molar refractivity (Wildman–Crippen MR) is 98.5 cm³/mol. The number of fused-ring (bicyclic) bond motifs is 1. The van der Waals surface area contributed by atoms with Crippen LogP contribution in [0.15, 0.2) is 30.3 Å². The van der Waals surface area contributed by atoms with Crippen LogP contribution >= 0.6 is 11.3 Å². The molecule has 0 spiro atoms. The third-order valence-corrected chi connectivity index (χ3v) is 5.59. The Bertz CT molecular complexity index is 728. The molecule has 1 aliphatic heterocycles. The minimum absolute atomic E-state index is 0.104. The van der Waals surface area contributed by atoms with Crippen LogP contribution in [0.4, 0.5) is 5.13 Å². The average molecular weight is 357 g/mol. The molecule has 5 nitrogen and oxygen atoms in total. The number of rotatable bonds is 7. The van der Waals surface area contributed by atoms with Gasteiger partial charge in [0, 0.05) is 30.9 Å². The highest BCUT2D eigenvalue weighted by atomic mass is 32.1. The van der Waals surface area contributed by atoms with E-state index in [4.69, 9.17) is 4.74 Å². The summed E-state index contributed by atoms with van der Waals surface area (Å²) < 4.78 is 5.43. The fraction of sp³-hybridized carbons (Fsp3) is 0.474. The van der Waals surface area contributed by atoms with Crippen LogP contribution in [0.1, 0.15) is 29.0 Å². The number of nitrogens with one attached hydrogen (secondary N) is 1. The van der Waals surface area contributed by atoms with Gasteiger partial charge in [0.05, 0.1) is 12.3 Å². The van der Waals surface area contributed by atoms with Crippen molar-refractivity contribution in [1.29, 1.82) is 0 Å². The molecular formula is C19H23N3O2S. The first-order valence-electron chi connectivity index (χ1n) is 8.89. The van der Waals surface area contributed by atoms with Gasteiger partial charge in [-0.25, -0.2) is 4.98 Å². The molecule has 0 unspecified atom stereocenters. The van der Waals surface area contributed by atoms with Crippen molar-refractivity contribution in [3.63, 3.8) is 0 Å². The lowest BCUT2D eigenvalue weighted by molar-refractivity contribution is -0.120. The minimum Gasteiger partial charge on any atom is -0.371 e. The molecule has 1 N–H and O–H groups in total. The summed E-state index contributed by atoms with van der Waals surface area (Å²) in [5.74, 6) is 0.573. The number of thiazole rings is 1. The lowest BCUT2D eigenvalue weighted by atomic mass is 10.1. The number of amides is 1. The van der Waals surface area contributed by atoms with Crippen LogP contribution in [0.2, 0.25) is 0 Å². The molecule has 132 valence electrons. The summed E-state index contributed by atoms with van der Waals surface area (Å²) in [6.07, 6.45) is 3.41. The second kappa shape index (κ2) is 7.64. The first-order valence-corrected chi connectivity index (χ1v) is 9.70. The van der Waals surface area contributed by atoms with Crippen molar-refractivity contribution in [2.75, 3.05) is 25.1 Å². The van der Waals surface area contributed by atoms with Crippen molar-refractivity contribution in [2.45, 2.75) is 32.4 Å². The smallest absolute Gasteiger partial charge is 0.252 e. The van der Waals surface area contributed by atoms with E-state index in [1.54, 1.807) is 11.3 Å². The summed E-state index contributed by atoms with van der Waals surface area (Å²) in [6.45, 7) is 3.69. The van der Waals surface area contributed by atoms with Crippen molar-refractivity contribution >= 4 is 22.4 Å². The zero-order valence-electron chi connectivity index (χ0n) is 14.2. The number of aromatic nitrogens is 1. The van der Waals surface area contributed by atoms with Gasteiger partial charge in [0.25, 0.3) is 5.91 Å². The highest BCUT2D eigenvalue weighted by molar-refractivity contribution is 7.15. The van der Waals surface area contributed by atoms with E-state index in [1.807, 2.05) is 6.07 Å². The van der Waals surface area contributed by atoms with E-state index in [-0.39, 0.29) is 12.5 Å². The number of ether oxygens (including phenoxy) is 1. The van der Waals surface area contributed by atoms with Crippen molar-refractivity contribution in [3.8, 4) is 0 Å². The molecule has 0 radical (unpaired) electrons.